The van der Waals surface area contributed by atoms with Crippen LogP contribution in [-0.4, -0.2) is 11.8 Å². The Morgan fingerprint density at radius 1 is 0.533 bits per heavy atom. The van der Waals surface area contributed by atoms with Gasteiger partial charge in [0.15, 0.2) is 0 Å². The fourth-order valence-corrected chi connectivity index (χ4v) is 8.39. The quantitative estimate of drug-likeness (QED) is 0.283. The van der Waals surface area contributed by atoms with Gasteiger partial charge in [-0.05, 0) is 47.5 Å². The van der Waals surface area contributed by atoms with Gasteiger partial charge >= 0.3 is 0 Å². The van der Waals surface area contributed by atoms with Gasteiger partial charge < -0.3 is 11.5 Å². The molecular formula is C20H10Br6N2O2. The van der Waals surface area contributed by atoms with Crippen molar-refractivity contribution in [3.63, 3.8) is 0 Å². The molecular weight excluding hydrogens is 780 g/mol. The Morgan fingerprint density at radius 3 is 1.10 bits per heavy atom. The fourth-order valence-electron chi connectivity index (χ4n) is 3.02. The lowest BCUT2D eigenvalue weighted by molar-refractivity contribution is 0.0999. The van der Waals surface area contributed by atoms with Gasteiger partial charge in [0.05, 0.1) is 0 Å². The van der Waals surface area contributed by atoms with Crippen LogP contribution in [0.4, 0.5) is 0 Å². The van der Waals surface area contributed by atoms with Crippen molar-refractivity contribution < 1.29 is 9.59 Å². The third kappa shape index (κ3) is 4.78. The molecule has 3 aromatic rings. The summed E-state index contributed by atoms with van der Waals surface area (Å²) in [6.45, 7) is 0. The molecule has 4 N–H and O–H groups in total. The van der Waals surface area contributed by atoms with Crippen LogP contribution in [-0.2, 0) is 0 Å². The van der Waals surface area contributed by atoms with Gasteiger partial charge in [-0.1, -0.05) is 95.6 Å². The van der Waals surface area contributed by atoms with Crippen molar-refractivity contribution in [2.24, 2.45) is 11.5 Å². The average molecular weight is 790 g/mol. The van der Waals surface area contributed by atoms with Crippen LogP contribution in [0.5, 0.6) is 0 Å². The van der Waals surface area contributed by atoms with Crippen molar-refractivity contribution in [3.05, 3.63) is 74.4 Å². The highest BCUT2D eigenvalue weighted by molar-refractivity contribution is 9.12. The summed E-state index contributed by atoms with van der Waals surface area (Å²) in [6, 6.07) is 10.6. The Kier molecular flexibility index (Phi) is 7.67. The van der Waals surface area contributed by atoms with Crippen molar-refractivity contribution in [3.8, 4) is 22.3 Å². The van der Waals surface area contributed by atoms with Gasteiger partial charge in [0.2, 0.25) is 11.8 Å². The second kappa shape index (κ2) is 9.54. The summed E-state index contributed by atoms with van der Waals surface area (Å²) < 4.78 is 4.63. The minimum atomic E-state index is -0.672. The zero-order valence-corrected chi connectivity index (χ0v) is 24.2. The van der Waals surface area contributed by atoms with E-state index in [9.17, 15) is 9.59 Å². The van der Waals surface area contributed by atoms with E-state index in [2.05, 4.69) is 95.6 Å². The highest BCUT2D eigenvalue weighted by atomic mass is 79.9. The molecule has 4 nitrogen and oxygen atoms in total. The first-order valence-electron chi connectivity index (χ1n) is 8.08. The molecule has 30 heavy (non-hydrogen) atoms. The van der Waals surface area contributed by atoms with E-state index in [1.165, 1.54) is 6.07 Å². The van der Waals surface area contributed by atoms with Gasteiger partial charge in [-0.15, -0.1) is 0 Å². The molecule has 154 valence electrons. The number of primary amides is 2. The van der Waals surface area contributed by atoms with Crippen LogP contribution in [0.15, 0.2) is 63.2 Å². The van der Waals surface area contributed by atoms with Crippen LogP contribution in [0, 0.1) is 0 Å². The molecule has 0 aromatic heterocycles. The maximum absolute atomic E-state index is 12.3. The number of carbonyl (C=O) groups excluding carboxylic acids is 2. The van der Waals surface area contributed by atoms with E-state index in [0.717, 1.165) is 26.8 Å². The Hall–Kier alpha value is -0.520. The van der Waals surface area contributed by atoms with E-state index in [-0.39, 0.29) is 11.1 Å². The van der Waals surface area contributed by atoms with Crippen molar-refractivity contribution in [2.75, 3.05) is 0 Å². The number of amides is 2. The van der Waals surface area contributed by atoms with E-state index >= 15 is 0 Å². The monoisotopic (exact) mass is 784 g/mol. The molecule has 0 spiro atoms. The number of nitrogens with two attached hydrogens (primary N) is 2. The third-order valence-electron chi connectivity index (χ3n) is 4.24. The van der Waals surface area contributed by atoms with Crippen LogP contribution in [0.25, 0.3) is 22.3 Å². The molecule has 0 unspecified atom stereocenters. The number of rotatable bonds is 4. The van der Waals surface area contributed by atoms with E-state index in [1.807, 2.05) is 24.3 Å². The van der Waals surface area contributed by atoms with Gasteiger partial charge in [0.1, 0.15) is 0 Å². The van der Waals surface area contributed by atoms with Crippen molar-refractivity contribution >= 4 is 107 Å². The summed E-state index contributed by atoms with van der Waals surface area (Å²) in [5, 5.41) is 0. The minimum absolute atomic E-state index is 0.181. The van der Waals surface area contributed by atoms with Crippen LogP contribution in [0.1, 0.15) is 20.7 Å². The number of hydrogen-bond donors (Lipinski definition) is 2. The number of benzene rings is 3. The lowest BCUT2D eigenvalue weighted by atomic mass is 9.90. The molecule has 0 fully saturated rings. The third-order valence-corrected chi connectivity index (χ3v) is 7.66. The molecule has 0 atom stereocenters. The predicted molar refractivity (Wildman–Crippen MR) is 141 cm³/mol. The van der Waals surface area contributed by atoms with Crippen molar-refractivity contribution in [2.45, 2.75) is 0 Å². The zero-order valence-electron chi connectivity index (χ0n) is 14.7. The van der Waals surface area contributed by atoms with Gasteiger partial charge in [-0.25, -0.2) is 0 Å². The summed E-state index contributed by atoms with van der Waals surface area (Å²) in [7, 11) is 0. The maximum atomic E-state index is 12.3. The SMILES string of the molecule is NC(=O)c1cc(C(N)=O)c(-c2c(Br)cc(Br)cc2Br)cc1-c1c(Br)cc(Br)cc1Br. The average Bonchev–Trinajstić information content (AvgIpc) is 2.59. The Morgan fingerprint density at radius 2 is 0.833 bits per heavy atom. The van der Waals surface area contributed by atoms with Crippen LogP contribution >= 0.6 is 95.6 Å². The molecule has 3 rings (SSSR count). The zero-order chi connectivity index (χ0) is 22.3. The topological polar surface area (TPSA) is 86.2 Å². The molecule has 0 aliphatic rings. The summed E-state index contributed by atoms with van der Waals surface area (Å²) in [5.41, 5.74) is 14.2. The molecule has 2 amide bonds. The highest BCUT2D eigenvalue weighted by Crippen LogP contribution is 2.44. The number of carbonyl (C=O) groups is 2. The summed E-state index contributed by atoms with van der Waals surface area (Å²) in [6.07, 6.45) is 0. The summed E-state index contributed by atoms with van der Waals surface area (Å²) in [5.74, 6) is -1.34. The van der Waals surface area contributed by atoms with E-state index in [4.69, 9.17) is 11.5 Å². The molecule has 3 aromatic carbocycles. The lowest BCUT2D eigenvalue weighted by Gasteiger charge is -2.18. The standard InChI is InChI=1S/C20H10Br6N2O2/c21-7-1-13(23)17(14(24)2-7)9-5-10(12(20(28)30)6-11(9)19(27)29)18-15(25)3-8(22)4-16(18)26/h1-6H,(H2,27,29)(H2,28,30). The van der Waals surface area contributed by atoms with Crippen molar-refractivity contribution in [1.29, 1.82) is 0 Å². The summed E-state index contributed by atoms with van der Waals surface area (Å²) in [4.78, 5) is 24.6. The second-order valence-electron chi connectivity index (χ2n) is 6.16. The largest absolute Gasteiger partial charge is 0.366 e. The molecule has 0 aliphatic carbocycles. The molecule has 0 aliphatic heterocycles. The maximum Gasteiger partial charge on any atom is 0.249 e. The highest BCUT2D eigenvalue weighted by Gasteiger charge is 2.24. The smallest absolute Gasteiger partial charge is 0.249 e. The van der Waals surface area contributed by atoms with E-state index < -0.39 is 11.8 Å². The fraction of sp³-hybridized carbons (Fsp3) is 0. The Balaban J connectivity index is 2.48. The molecule has 0 saturated heterocycles. The normalized spacial score (nSPS) is 10.9. The predicted octanol–water partition coefficient (Wildman–Crippen LogP) is 7.79. The van der Waals surface area contributed by atoms with E-state index in [1.54, 1.807) is 6.07 Å². The van der Waals surface area contributed by atoms with Gasteiger partial charge in [-0.3, -0.25) is 9.59 Å². The van der Waals surface area contributed by atoms with Crippen LogP contribution in [0.3, 0.4) is 0 Å². The van der Waals surface area contributed by atoms with Gasteiger partial charge in [0.25, 0.3) is 0 Å². The second-order valence-corrected chi connectivity index (χ2v) is 11.4. The molecule has 0 radical (unpaired) electrons. The molecule has 0 saturated carbocycles. The summed E-state index contributed by atoms with van der Waals surface area (Å²) >= 11 is 21.1. The van der Waals surface area contributed by atoms with Crippen LogP contribution in [0.2, 0.25) is 0 Å². The number of hydrogen-bond acceptors (Lipinski definition) is 2. The minimum Gasteiger partial charge on any atom is -0.366 e. The molecule has 0 heterocycles. The molecule has 0 bridgehead atoms. The lowest BCUT2D eigenvalue weighted by Crippen LogP contribution is -2.18. The first-order chi connectivity index (χ1) is 14.0. The Bertz CT molecular complexity index is 1090. The van der Waals surface area contributed by atoms with Gasteiger partial charge in [-0.2, -0.15) is 0 Å². The number of halogens is 6. The Labute approximate surface area is 222 Å². The van der Waals surface area contributed by atoms with Crippen molar-refractivity contribution in [1.82, 2.24) is 0 Å². The van der Waals surface area contributed by atoms with E-state index in [0.29, 0.717) is 22.3 Å². The first kappa shape index (κ1) is 24.1. The van der Waals surface area contributed by atoms with Crippen LogP contribution < -0.4 is 11.5 Å². The molecule has 10 heteroatoms. The first-order valence-corrected chi connectivity index (χ1v) is 12.8. The van der Waals surface area contributed by atoms with Gasteiger partial charge in [0, 0.05) is 49.1 Å².